The summed E-state index contributed by atoms with van der Waals surface area (Å²) in [4.78, 5) is 2.23. The van der Waals surface area contributed by atoms with Crippen LogP contribution in [-0.2, 0) is 0 Å². The molecular weight excluding hydrogens is 172 g/mol. The topological polar surface area (TPSA) is 15.3 Å². The Balaban J connectivity index is 2.00. The Hall–Kier alpha value is -0.0800. The number of likely N-dealkylation sites (N-methyl/N-ethyl adjacent to an activating group) is 1. The van der Waals surface area contributed by atoms with Gasteiger partial charge in [-0.3, -0.25) is 0 Å². The Kier molecular flexibility index (Phi) is 5.49. The van der Waals surface area contributed by atoms with Crippen LogP contribution in [0.2, 0.25) is 0 Å². The summed E-state index contributed by atoms with van der Waals surface area (Å²) in [7, 11) is 4.26. The van der Waals surface area contributed by atoms with Crippen LogP contribution in [0.15, 0.2) is 0 Å². The molecule has 1 saturated carbocycles. The second-order valence-electron chi connectivity index (χ2n) is 5.15. The van der Waals surface area contributed by atoms with Gasteiger partial charge in [0, 0.05) is 13.1 Å². The minimum Gasteiger partial charge on any atom is -0.315 e. The van der Waals surface area contributed by atoms with Crippen LogP contribution in [0.25, 0.3) is 0 Å². The number of hydrogen-bond donors (Lipinski definition) is 1. The van der Waals surface area contributed by atoms with Crippen molar-refractivity contribution < 1.29 is 0 Å². The molecule has 0 amide bonds. The van der Waals surface area contributed by atoms with Crippen LogP contribution in [0.4, 0.5) is 0 Å². The van der Waals surface area contributed by atoms with Gasteiger partial charge in [0.2, 0.25) is 0 Å². The van der Waals surface area contributed by atoms with Gasteiger partial charge in [-0.05, 0) is 45.3 Å². The van der Waals surface area contributed by atoms with E-state index in [2.05, 4.69) is 31.2 Å². The summed E-state index contributed by atoms with van der Waals surface area (Å²) in [5.41, 5.74) is 0. The van der Waals surface area contributed by atoms with Crippen molar-refractivity contribution in [2.24, 2.45) is 11.8 Å². The third-order valence-corrected chi connectivity index (χ3v) is 3.21. The summed E-state index contributed by atoms with van der Waals surface area (Å²) < 4.78 is 0. The maximum absolute atomic E-state index is 3.57. The SMILES string of the molecule is CC1CCCC(CNCCN(C)C)C1. The van der Waals surface area contributed by atoms with Crippen molar-refractivity contribution in [3.8, 4) is 0 Å². The molecule has 0 aromatic rings. The quantitative estimate of drug-likeness (QED) is 0.679. The van der Waals surface area contributed by atoms with Gasteiger partial charge in [-0.25, -0.2) is 0 Å². The Morgan fingerprint density at radius 3 is 2.71 bits per heavy atom. The first-order chi connectivity index (χ1) is 6.68. The molecule has 0 saturated heterocycles. The predicted molar refractivity (Wildman–Crippen MR) is 62.5 cm³/mol. The molecule has 0 heterocycles. The second kappa shape index (κ2) is 6.41. The highest BCUT2D eigenvalue weighted by Crippen LogP contribution is 2.27. The fourth-order valence-corrected chi connectivity index (χ4v) is 2.35. The molecule has 14 heavy (non-hydrogen) atoms. The molecule has 0 aliphatic heterocycles. The van der Waals surface area contributed by atoms with Gasteiger partial charge in [-0.15, -0.1) is 0 Å². The van der Waals surface area contributed by atoms with Crippen molar-refractivity contribution in [3.63, 3.8) is 0 Å². The monoisotopic (exact) mass is 198 g/mol. The van der Waals surface area contributed by atoms with Gasteiger partial charge in [-0.1, -0.05) is 19.8 Å². The highest BCUT2D eigenvalue weighted by atomic mass is 15.1. The van der Waals surface area contributed by atoms with E-state index < -0.39 is 0 Å². The maximum atomic E-state index is 3.57. The highest BCUT2D eigenvalue weighted by molar-refractivity contribution is 4.72. The lowest BCUT2D eigenvalue weighted by Gasteiger charge is -2.27. The van der Waals surface area contributed by atoms with E-state index >= 15 is 0 Å². The van der Waals surface area contributed by atoms with Gasteiger partial charge in [-0.2, -0.15) is 0 Å². The molecule has 0 aromatic carbocycles. The van der Waals surface area contributed by atoms with Crippen molar-refractivity contribution in [2.75, 3.05) is 33.7 Å². The summed E-state index contributed by atoms with van der Waals surface area (Å²) in [6, 6.07) is 0. The molecule has 2 nitrogen and oxygen atoms in total. The fourth-order valence-electron chi connectivity index (χ4n) is 2.35. The number of nitrogens with zero attached hydrogens (tertiary/aromatic N) is 1. The minimum absolute atomic E-state index is 0.945. The average Bonchev–Trinajstić information content (AvgIpc) is 2.12. The zero-order chi connectivity index (χ0) is 10.4. The maximum Gasteiger partial charge on any atom is 0.0101 e. The van der Waals surface area contributed by atoms with E-state index in [1.54, 1.807) is 0 Å². The van der Waals surface area contributed by atoms with Crippen LogP contribution < -0.4 is 5.32 Å². The molecule has 0 aromatic heterocycles. The molecule has 1 N–H and O–H groups in total. The molecule has 2 heteroatoms. The van der Waals surface area contributed by atoms with E-state index in [-0.39, 0.29) is 0 Å². The molecule has 1 aliphatic rings. The van der Waals surface area contributed by atoms with Crippen LogP contribution in [-0.4, -0.2) is 38.6 Å². The molecular formula is C12H26N2. The molecule has 2 unspecified atom stereocenters. The molecule has 1 aliphatic carbocycles. The number of nitrogens with one attached hydrogen (secondary N) is 1. The largest absolute Gasteiger partial charge is 0.315 e. The van der Waals surface area contributed by atoms with Gasteiger partial charge in [0.05, 0.1) is 0 Å². The molecule has 1 rings (SSSR count). The van der Waals surface area contributed by atoms with E-state index in [0.29, 0.717) is 0 Å². The van der Waals surface area contributed by atoms with E-state index in [1.165, 1.54) is 32.2 Å². The lowest BCUT2D eigenvalue weighted by molar-refractivity contribution is 0.271. The molecule has 0 radical (unpaired) electrons. The predicted octanol–water partition coefficient (Wildman–Crippen LogP) is 1.96. The summed E-state index contributed by atoms with van der Waals surface area (Å²) >= 11 is 0. The fraction of sp³-hybridized carbons (Fsp3) is 1.00. The first-order valence-corrected chi connectivity index (χ1v) is 6.04. The van der Waals surface area contributed by atoms with E-state index in [4.69, 9.17) is 0 Å². The van der Waals surface area contributed by atoms with Crippen LogP contribution >= 0.6 is 0 Å². The van der Waals surface area contributed by atoms with Crippen molar-refractivity contribution >= 4 is 0 Å². The number of hydrogen-bond acceptors (Lipinski definition) is 2. The van der Waals surface area contributed by atoms with Gasteiger partial charge in [0.25, 0.3) is 0 Å². The Bertz CT molecular complexity index is 145. The van der Waals surface area contributed by atoms with Crippen LogP contribution in [0.5, 0.6) is 0 Å². The highest BCUT2D eigenvalue weighted by Gasteiger charge is 2.17. The third-order valence-electron chi connectivity index (χ3n) is 3.21. The van der Waals surface area contributed by atoms with E-state index in [0.717, 1.165) is 24.9 Å². The third kappa shape index (κ3) is 4.97. The Morgan fingerprint density at radius 2 is 2.07 bits per heavy atom. The van der Waals surface area contributed by atoms with Crippen molar-refractivity contribution in [2.45, 2.75) is 32.6 Å². The van der Waals surface area contributed by atoms with E-state index in [1.807, 2.05) is 0 Å². The van der Waals surface area contributed by atoms with Crippen molar-refractivity contribution in [1.29, 1.82) is 0 Å². The Morgan fingerprint density at radius 1 is 1.29 bits per heavy atom. The van der Waals surface area contributed by atoms with E-state index in [9.17, 15) is 0 Å². The molecule has 2 atom stereocenters. The minimum atomic E-state index is 0.945. The zero-order valence-electron chi connectivity index (χ0n) is 10.1. The van der Waals surface area contributed by atoms with Crippen LogP contribution in [0.3, 0.4) is 0 Å². The number of rotatable bonds is 5. The van der Waals surface area contributed by atoms with Crippen molar-refractivity contribution in [3.05, 3.63) is 0 Å². The second-order valence-corrected chi connectivity index (χ2v) is 5.15. The van der Waals surface area contributed by atoms with Gasteiger partial charge in [0.1, 0.15) is 0 Å². The summed E-state index contributed by atoms with van der Waals surface area (Å²) in [5.74, 6) is 1.91. The molecule has 84 valence electrons. The standard InChI is InChI=1S/C12H26N2/c1-11-5-4-6-12(9-11)10-13-7-8-14(2)3/h11-13H,4-10H2,1-3H3. The molecule has 0 spiro atoms. The molecule has 1 fully saturated rings. The lowest BCUT2D eigenvalue weighted by atomic mass is 9.82. The normalized spacial score (nSPS) is 28.3. The summed E-state index contributed by atoms with van der Waals surface area (Å²) in [5, 5.41) is 3.57. The van der Waals surface area contributed by atoms with Crippen LogP contribution in [0.1, 0.15) is 32.6 Å². The first-order valence-electron chi connectivity index (χ1n) is 6.04. The Labute approximate surface area is 89.1 Å². The van der Waals surface area contributed by atoms with Gasteiger partial charge >= 0.3 is 0 Å². The van der Waals surface area contributed by atoms with Gasteiger partial charge < -0.3 is 10.2 Å². The summed E-state index contributed by atoms with van der Waals surface area (Å²) in [6.45, 7) is 5.92. The zero-order valence-corrected chi connectivity index (χ0v) is 10.1. The van der Waals surface area contributed by atoms with Crippen molar-refractivity contribution in [1.82, 2.24) is 10.2 Å². The summed E-state index contributed by atoms with van der Waals surface area (Å²) in [6.07, 6.45) is 5.78. The smallest absolute Gasteiger partial charge is 0.0101 e. The first kappa shape index (κ1) is 12.0. The molecule has 0 bridgehead atoms. The lowest BCUT2D eigenvalue weighted by Crippen LogP contribution is -2.31. The van der Waals surface area contributed by atoms with Gasteiger partial charge in [0.15, 0.2) is 0 Å². The average molecular weight is 198 g/mol. The van der Waals surface area contributed by atoms with Crippen LogP contribution in [0, 0.1) is 11.8 Å².